The Balaban J connectivity index is 1.49. The van der Waals surface area contributed by atoms with Crippen LogP contribution in [-0.2, 0) is 25.5 Å². The van der Waals surface area contributed by atoms with Crippen LogP contribution in [0.5, 0.6) is 5.75 Å². The Morgan fingerprint density at radius 1 is 1.04 bits per heavy atom. The predicted molar refractivity (Wildman–Crippen MR) is 196 cm³/mol. The number of aliphatic hydroxyl groups is 3. The number of hydrogen-bond donors (Lipinski definition) is 5. The highest BCUT2D eigenvalue weighted by Crippen LogP contribution is 2.34. The maximum absolute atomic E-state index is 12.7. The molecule has 0 radical (unpaired) electrons. The van der Waals surface area contributed by atoms with E-state index in [4.69, 9.17) is 22.3 Å². The Morgan fingerprint density at radius 2 is 1.75 bits per heavy atom. The third kappa shape index (κ3) is 11.8. The first kappa shape index (κ1) is 41.0. The predicted octanol–water partition coefficient (Wildman–Crippen LogP) is 0.907. The van der Waals surface area contributed by atoms with Gasteiger partial charge in [0, 0.05) is 32.0 Å². The first-order chi connectivity index (χ1) is 24.2. The first-order valence-corrected chi connectivity index (χ1v) is 17.7. The molecule has 12 nitrogen and oxygen atoms in total. The molecule has 0 aliphatic carbocycles. The van der Waals surface area contributed by atoms with Crippen molar-refractivity contribution in [1.82, 2.24) is 20.4 Å². The smallest absolute Gasteiger partial charge is 0.245 e. The molecule has 0 saturated carbocycles. The van der Waals surface area contributed by atoms with E-state index >= 15 is 0 Å². The summed E-state index contributed by atoms with van der Waals surface area (Å²) in [7, 11) is 3.40. The number of nitrogens with one attached hydrogen (secondary N) is 2. The van der Waals surface area contributed by atoms with E-state index in [-0.39, 0.29) is 43.8 Å². The molecule has 1 aliphatic heterocycles. The van der Waals surface area contributed by atoms with Gasteiger partial charge in [0.25, 0.3) is 0 Å². The molecule has 1 saturated heterocycles. The Labute approximate surface area is 304 Å². The van der Waals surface area contributed by atoms with Gasteiger partial charge in [0.2, 0.25) is 17.7 Å². The quantitative estimate of drug-likeness (QED) is 0.169. The van der Waals surface area contributed by atoms with E-state index < -0.39 is 36.1 Å². The molecule has 2 aromatic carbocycles. The average Bonchev–Trinajstić information content (AvgIpc) is 3.09. The molecule has 1 fully saturated rings. The number of ether oxygens (including phenoxy) is 2. The summed E-state index contributed by atoms with van der Waals surface area (Å²) in [5.74, 6) is 4.84. The number of rotatable bonds is 15. The summed E-state index contributed by atoms with van der Waals surface area (Å²) in [4.78, 5) is 40.7. The number of likely N-dealkylation sites (N-methyl/N-ethyl adjacent to an activating group) is 2. The fourth-order valence-corrected chi connectivity index (χ4v) is 5.76. The lowest BCUT2D eigenvalue weighted by Crippen LogP contribution is -2.55. The number of hydrogen-bond acceptors (Lipinski definition) is 9. The minimum absolute atomic E-state index is 0.0287. The van der Waals surface area contributed by atoms with Gasteiger partial charge in [-0.2, -0.15) is 0 Å². The number of aliphatic hydroxyl groups excluding tert-OH is 3. The zero-order valence-electron chi connectivity index (χ0n) is 29.7. The fourth-order valence-electron chi connectivity index (χ4n) is 5.34. The van der Waals surface area contributed by atoms with Crippen LogP contribution >= 0.6 is 11.2 Å². The summed E-state index contributed by atoms with van der Waals surface area (Å²) in [6.07, 6.45) is 7.44. The van der Waals surface area contributed by atoms with Crippen molar-refractivity contribution in [2.75, 3.05) is 53.1 Å². The average molecular weight is 721 g/mol. The van der Waals surface area contributed by atoms with Crippen molar-refractivity contribution in [2.24, 2.45) is 0 Å². The van der Waals surface area contributed by atoms with Crippen LogP contribution in [0.4, 0.5) is 0 Å². The lowest BCUT2D eigenvalue weighted by Gasteiger charge is -2.39. The second-order valence-corrected chi connectivity index (χ2v) is 13.5. The van der Waals surface area contributed by atoms with Crippen LogP contribution in [0.15, 0.2) is 42.5 Å². The van der Waals surface area contributed by atoms with E-state index in [1.165, 1.54) is 16.1 Å². The van der Waals surface area contributed by atoms with E-state index in [0.29, 0.717) is 36.4 Å². The molecule has 5 atom stereocenters. The van der Waals surface area contributed by atoms with Crippen LogP contribution in [0.2, 0.25) is 0 Å². The van der Waals surface area contributed by atoms with Gasteiger partial charge >= 0.3 is 0 Å². The Kier molecular flexibility index (Phi) is 15.5. The second-order valence-electron chi connectivity index (χ2n) is 12.9. The van der Waals surface area contributed by atoms with Crippen LogP contribution in [0.25, 0.3) is 0 Å². The molecular formula is C38H48N4O8S. The third-order valence-corrected chi connectivity index (χ3v) is 8.80. The number of benzene rings is 2. The van der Waals surface area contributed by atoms with Gasteiger partial charge < -0.3 is 40.3 Å². The normalized spacial score (nSPS) is 19.9. The highest BCUT2D eigenvalue weighted by atomic mass is 32.1. The van der Waals surface area contributed by atoms with Gasteiger partial charge in [-0.3, -0.25) is 19.3 Å². The molecule has 13 heteroatoms. The number of carbonyl (C=O) groups is 3. The summed E-state index contributed by atoms with van der Waals surface area (Å²) in [5, 5.41) is 39.8. The molecule has 0 spiro atoms. The molecule has 0 aromatic heterocycles. The van der Waals surface area contributed by atoms with Gasteiger partial charge in [-0.25, -0.2) is 0 Å². The van der Waals surface area contributed by atoms with Crippen molar-refractivity contribution in [3.8, 4) is 35.6 Å². The topological polar surface area (TPSA) is 161 Å². The summed E-state index contributed by atoms with van der Waals surface area (Å²) in [6.45, 7) is 4.43. The zero-order valence-corrected chi connectivity index (χ0v) is 30.5. The largest absolute Gasteiger partial charge is 0.493 e. The maximum Gasteiger partial charge on any atom is 0.245 e. The second kappa shape index (κ2) is 19.3. The molecule has 2 aromatic rings. The minimum atomic E-state index is -1.41. The van der Waals surface area contributed by atoms with Crippen molar-refractivity contribution in [3.05, 3.63) is 64.7 Å². The van der Waals surface area contributed by atoms with E-state index in [2.05, 4.69) is 27.7 Å². The van der Waals surface area contributed by atoms with Crippen LogP contribution in [0, 0.1) is 29.9 Å². The SMILES string of the molecule is C#CCN(C)C(=O)CN(C)CCNC(=O)C(C)(C)NC(=O)CCOc1ccc(Cc2cc([C@@H]3OC(C#SC)[C@@H](O)[C@H](O)[C@H]3O)ccc2C#C)cc1. The van der Waals surface area contributed by atoms with E-state index in [1.807, 2.05) is 18.2 Å². The number of amides is 3. The number of terminal acetylenes is 2. The summed E-state index contributed by atoms with van der Waals surface area (Å²) in [6, 6.07) is 12.7. The van der Waals surface area contributed by atoms with Crippen LogP contribution < -0.4 is 15.4 Å². The number of nitrogens with zero attached hydrogens (tertiary/aromatic N) is 2. The van der Waals surface area contributed by atoms with Crippen molar-refractivity contribution < 1.29 is 39.2 Å². The molecular weight excluding hydrogens is 673 g/mol. The Hall–Kier alpha value is -4.43. The number of carbonyl (C=O) groups excluding carboxylic acids is 3. The monoisotopic (exact) mass is 720 g/mol. The minimum Gasteiger partial charge on any atom is -0.493 e. The standard InChI is InChI=1S/C38H48N4O8S/c1-8-18-42(6)32(44)23-41(5)19-17-39-37(48)38(3,4)40-31(43)16-20-49-29-14-10-25(11-15-29)21-28-22-27(13-12-26(28)9-2)36-35(47)34(46)33(45)30(50-36)24-51-7/h1-2,10-15,22,30,33-36,45-47H,16-21,23H2,3-7H3,(H,39,48)(H,40,43)/t30?,33-,34+,35-,36+/m1/s1. The summed E-state index contributed by atoms with van der Waals surface area (Å²) >= 11 is 1.23. The van der Waals surface area contributed by atoms with Gasteiger partial charge in [-0.05, 0) is 62.2 Å². The molecule has 0 bridgehead atoms. The highest BCUT2D eigenvalue weighted by Gasteiger charge is 2.43. The molecule has 5 N–H and O–H groups in total. The molecule has 1 aliphatic rings. The third-order valence-electron chi connectivity index (χ3n) is 8.33. The molecule has 3 amide bonds. The lowest BCUT2D eigenvalue weighted by atomic mass is 9.89. The van der Waals surface area contributed by atoms with Crippen LogP contribution in [-0.4, -0.2) is 126 Å². The fraction of sp³-hybridized carbons (Fsp3) is 0.474. The lowest BCUT2D eigenvalue weighted by molar-refractivity contribution is -0.209. The van der Waals surface area contributed by atoms with Crippen molar-refractivity contribution in [2.45, 2.75) is 62.7 Å². The van der Waals surface area contributed by atoms with Crippen LogP contribution in [0.1, 0.15) is 48.6 Å². The molecule has 3 rings (SSSR count). The van der Waals surface area contributed by atoms with Gasteiger partial charge in [0.05, 0.1) is 26.1 Å². The van der Waals surface area contributed by atoms with Crippen molar-refractivity contribution >= 4 is 28.9 Å². The van der Waals surface area contributed by atoms with Gasteiger partial charge in [-0.15, -0.1) is 24.0 Å². The molecule has 51 heavy (non-hydrogen) atoms. The van der Waals surface area contributed by atoms with Gasteiger partial charge in [0.15, 0.2) is 0 Å². The van der Waals surface area contributed by atoms with Crippen molar-refractivity contribution in [1.29, 1.82) is 0 Å². The van der Waals surface area contributed by atoms with E-state index in [9.17, 15) is 29.7 Å². The maximum atomic E-state index is 12.7. The molecule has 274 valence electrons. The Morgan fingerprint density at radius 3 is 2.39 bits per heavy atom. The van der Waals surface area contributed by atoms with E-state index in [1.54, 1.807) is 63.4 Å². The molecule has 1 heterocycles. The van der Waals surface area contributed by atoms with Crippen LogP contribution in [0.3, 0.4) is 0 Å². The van der Waals surface area contributed by atoms with Gasteiger partial charge in [0.1, 0.15) is 41.8 Å². The van der Waals surface area contributed by atoms with E-state index in [0.717, 1.165) is 11.1 Å². The summed E-state index contributed by atoms with van der Waals surface area (Å²) in [5.41, 5.74) is 1.84. The zero-order chi connectivity index (χ0) is 37.7. The first-order valence-electron chi connectivity index (χ1n) is 16.4. The van der Waals surface area contributed by atoms with Crippen molar-refractivity contribution in [3.63, 3.8) is 0 Å². The molecule has 1 unspecified atom stereocenters. The highest BCUT2D eigenvalue weighted by molar-refractivity contribution is 7.87. The van der Waals surface area contributed by atoms with Gasteiger partial charge in [-0.1, -0.05) is 41.3 Å². The Bertz CT molecular complexity index is 1670. The summed E-state index contributed by atoms with van der Waals surface area (Å²) < 4.78 is 11.7.